The molecule has 4 heterocycles. The number of aryl methyl sites for hydroxylation is 1. The number of piperidine rings is 1. The Kier molecular flexibility index (Phi) is 4.83. The number of nitrogens with one attached hydrogen (secondary N) is 1. The van der Waals surface area contributed by atoms with Gasteiger partial charge in [-0.05, 0) is 31.0 Å². The van der Waals surface area contributed by atoms with Crippen LogP contribution in [0.15, 0.2) is 40.2 Å². The number of amides is 1. The second-order valence-electron chi connectivity index (χ2n) is 7.08. The number of carbonyl (C=O) groups excluding carboxylic acids is 1. The van der Waals surface area contributed by atoms with Gasteiger partial charge in [0, 0.05) is 45.6 Å². The van der Waals surface area contributed by atoms with E-state index in [9.17, 15) is 14.4 Å². The Morgan fingerprint density at radius 2 is 1.90 bits per heavy atom. The Bertz CT molecular complexity index is 1190. The van der Waals surface area contributed by atoms with Gasteiger partial charge in [0.2, 0.25) is 5.95 Å². The fourth-order valence-corrected chi connectivity index (χ4v) is 3.57. The summed E-state index contributed by atoms with van der Waals surface area (Å²) in [4.78, 5) is 52.0. The van der Waals surface area contributed by atoms with Crippen LogP contribution in [0.25, 0.3) is 11.0 Å². The highest BCUT2D eigenvalue weighted by Crippen LogP contribution is 2.16. The van der Waals surface area contributed by atoms with Crippen LogP contribution >= 0.6 is 0 Å². The molecule has 0 spiro atoms. The standard InChI is InChI=1S/C19H21N7O3/c1-24-15-13(17(28)25(2)19(24)29)6-7-14(23-15)16(27)22-12-5-3-10-26(11-12)18-20-8-4-9-21-18/h4,6-9,12H,3,5,10-11H2,1-2H3,(H,22,27)/t12-/m1/s1. The largest absolute Gasteiger partial charge is 0.346 e. The van der Waals surface area contributed by atoms with E-state index < -0.39 is 11.2 Å². The Hall–Kier alpha value is -3.56. The van der Waals surface area contributed by atoms with Gasteiger partial charge in [0.15, 0.2) is 0 Å². The molecule has 3 aromatic heterocycles. The summed E-state index contributed by atoms with van der Waals surface area (Å²) in [7, 11) is 2.94. The topological polar surface area (TPSA) is 115 Å². The molecule has 150 valence electrons. The first kappa shape index (κ1) is 18.8. The Balaban J connectivity index is 1.56. The second-order valence-corrected chi connectivity index (χ2v) is 7.08. The number of nitrogens with zero attached hydrogens (tertiary/aromatic N) is 6. The van der Waals surface area contributed by atoms with Crippen LogP contribution in [0.2, 0.25) is 0 Å². The van der Waals surface area contributed by atoms with E-state index in [1.54, 1.807) is 18.5 Å². The minimum atomic E-state index is -0.488. The Labute approximate surface area is 165 Å². The predicted molar refractivity (Wildman–Crippen MR) is 107 cm³/mol. The van der Waals surface area contributed by atoms with Crippen LogP contribution in [-0.2, 0) is 14.1 Å². The summed E-state index contributed by atoms with van der Waals surface area (Å²) in [6.45, 7) is 1.43. The highest BCUT2D eigenvalue weighted by atomic mass is 16.2. The molecule has 1 aliphatic rings. The molecule has 0 radical (unpaired) electrons. The van der Waals surface area contributed by atoms with Crippen LogP contribution < -0.4 is 21.5 Å². The molecule has 0 bridgehead atoms. The zero-order valence-electron chi connectivity index (χ0n) is 16.2. The third-order valence-corrected chi connectivity index (χ3v) is 5.13. The minimum Gasteiger partial charge on any atom is -0.346 e. The van der Waals surface area contributed by atoms with Crippen LogP contribution in [0.4, 0.5) is 5.95 Å². The van der Waals surface area contributed by atoms with Crippen molar-refractivity contribution in [1.82, 2.24) is 29.4 Å². The first-order valence-electron chi connectivity index (χ1n) is 9.35. The highest BCUT2D eigenvalue weighted by molar-refractivity contribution is 5.94. The molecule has 29 heavy (non-hydrogen) atoms. The molecule has 0 aliphatic carbocycles. The van der Waals surface area contributed by atoms with Crippen molar-refractivity contribution in [2.24, 2.45) is 14.1 Å². The summed E-state index contributed by atoms with van der Waals surface area (Å²) < 4.78 is 2.29. The third kappa shape index (κ3) is 3.48. The monoisotopic (exact) mass is 395 g/mol. The van der Waals surface area contributed by atoms with Crippen molar-refractivity contribution < 1.29 is 4.79 Å². The van der Waals surface area contributed by atoms with Crippen molar-refractivity contribution in [3.8, 4) is 0 Å². The molecule has 3 aromatic rings. The van der Waals surface area contributed by atoms with Gasteiger partial charge in [-0.25, -0.2) is 19.7 Å². The van der Waals surface area contributed by atoms with Crippen LogP contribution in [0.5, 0.6) is 0 Å². The number of carbonyl (C=O) groups is 1. The molecule has 1 saturated heterocycles. The van der Waals surface area contributed by atoms with Crippen molar-refractivity contribution in [3.63, 3.8) is 0 Å². The van der Waals surface area contributed by atoms with Gasteiger partial charge >= 0.3 is 5.69 Å². The van der Waals surface area contributed by atoms with Crippen molar-refractivity contribution in [1.29, 1.82) is 0 Å². The molecule has 10 nitrogen and oxygen atoms in total. The van der Waals surface area contributed by atoms with Crippen molar-refractivity contribution in [2.45, 2.75) is 18.9 Å². The molecular weight excluding hydrogens is 374 g/mol. The van der Waals surface area contributed by atoms with E-state index in [-0.39, 0.29) is 28.7 Å². The maximum absolute atomic E-state index is 12.8. The molecule has 0 unspecified atom stereocenters. The molecular formula is C19H21N7O3. The summed E-state index contributed by atoms with van der Waals surface area (Å²) in [5.41, 5.74) is -0.575. The molecule has 10 heteroatoms. The zero-order valence-corrected chi connectivity index (χ0v) is 16.2. The van der Waals surface area contributed by atoms with Gasteiger partial charge in [0.1, 0.15) is 11.3 Å². The molecule has 1 atom stereocenters. The lowest BCUT2D eigenvalue weighted by Crippen LogP contribution is -2.48. The van der Waals surface area contributed by atoms with Crippen molar-refractivity contribution in [3.05, 3.63) is 57.1 Å². The van der Waals surface area contributed by atoms with Gasteiger partial charge in [-0.3, -0.25) is 18.7 Å². The lowest BCUT2D eigenvalue weighted by atomic mass is 10.1. The number of hydrogen-bond donors (Lipinski definition) is 1. The molecule has 0 aromatic carbocycles. The van der Waals surface area contributed by atoms with E-state index in [0.29, 0.717) is 12.5 Å². The fraction of sp³-hybridized carbons (Fsp3) is 0.368. The number of fused-ring (bicyclic) bond motifs is 1. The third-order valence-electron chi connectivity index (χ3n) is 5.13. The fourth-order valence-electron chi connectivity index (χ4n) is 3.57. The number of aromatic nitrogens is 5. The van der Waals surface area contributed by atoms with Gasteiger partial charge in [-0.1, -0.05) is 0 Å². The Morgan fingerprint density at radius 3 is 2.66 bits per heavy atom. The average molecular weight is 395 g/mol. The van der Waals surface area contributed by atoms with E-state index in [4.69, 9.17) is 0 Å². The van der Waals surface area contributed by atoms with Gasteiger partial charge in [-0.15, -0.1) is 0 Å². The van der Waals surface area contributed by atoms with E-state index in [1.165, 1.54) is 30.8 Å². The SMILES string of the molecule is Cn1c(=O)c2ccc(C(=O)N[C@@H]3CCCN(c4ncccn4)C3)nc2n(C)c1=O. The maximum atomic E-state index is 12.8. The van der Waals surface area contributed by atoms with E-state index in [1.807, 2.05) is 4.90 Å². The highest BCUT2D eigenvalue weighted by Gasteiger charge is 2.24. The number of rotatable bonds is 3. The summed E-state index contributed by atoms with van der Waals surface area (Å²) in [6, 6.07) is 4.72. The smallest absolute Gasteiger partial charge is 0.332 e. The van der Waals surface area contributed by atoms with Crippen LogP contribution in [-0.4, -0.2) is 49.1 Å². The lowest BCUT2D eigenvalue weighted by molar-refractivity contribution is 0.0928. The van der Waals surface area contributed by atoms with Crippen LogP contribution in [0, 0.1) is 0 Å². The molecule has 1 aliphatic heterocycles. The van der Waals surface area contributed by atoms with Gasteiger partial charge < -0.3 is 10.2 Å². The molecule has 4 rings (SSSR count). The molecule has 1 N–H and O–H groups in total. The first-order valence-corrected chi connectivity index (χ1v) is 9.35. The van der Waals surface area contributed by atoms with E-state index in [2.05, 4.69) is 20.3 Å². The predicted octanol–water partition coefficient (Wildman–Crippen LogP) is -0.179. The quantitative estimate of drug-likeness (QED) is 0.654. The summed E-state index contributed by atoms with van der Waals surface area (Å²) in [5, 5.41) is 3.28. The Morgan fingerprint density at radius 1 is 1.14 bits per heavy atom. The van der Waals surface area contributed by atoms with E-state index >= 15 is 0 Å². The molecule has 1 amide bonds. The van der Waals surface area contributed by atoms with Gasteiger partial charge in [0.25, 0.3) is 11.5 Å². The first-order chi connectivity index (χ1) is 14.0. The number of pyridine rings is 1. The average Bonchev–Trinajstić information content (AvgIpc) is 2.76. The van der Waals surface area contributed by atoms with E-state index in [0.717, 1.165) is 24.0 Å². The molecule has 0 saturated carbocycles. The van der Waals surface area contributed by atoms with Gasteiger partial charge in [0.05, 0.1) is 5.39 Å². The normalized spacial score (nSPS) is 16.8. The van der Waals surface area contributed by atoms with Crippen molar-refractivity contribution in [2.75, 3.05) is 18.0 Å². The van der Waals surface area contributed by atoms with Crippen LogP contribution in [0.3, 0.4) is 0 Å². The second kappa shape index (κ2) is 7.46. The summed E-state index contributed by atoms with van der Waals surface area (Å²) >= 11 is 0. The number of hydrogen-bond acceptors (Lipinski definition) is 7. The molecule has 1 fully saturated rings. The zero-order chi connectivity index (χ0) is 20.5. The van der Waals surface area contributed by atoms with Crippen LogP contribution in [0.1, 0.15) is 23.3 Å². The maximum Gasteiger partial charge on any atom is 0.332 e. The lowest BCUT2D eigenvalue weighted by Gasteiger charge is -2.33. The van der Waals surface area contributed by atoms with Crippen molar-refractivity contribution >= 4 is 22.9 Å². The summed E-state index contributed by atoms with van der Waals surface area (Å²) in [6.07, 6.45) is 5.12. The number of anilines is 1. The van der Waals surface area contributed by atoms with Gasteiger partial charge in [-0.2, -0.15) is 0 Å². The summed E-state index contributed by atoms with van der Waals surface area (Å²) in [5.74, 6) is 0.294. The minimum absolute atomic E-state index is 0.0787.